The van der Waals surface area contributed by atoms with E-state index in [0.717, 1.165) is 61.7 Å². The minimum Gasteiger partial charge on any atom is -0.489 e. The van der Waals surface area contributed by atoms with Crippen molar-refractivity contribution >= 4 is 17.3 Å². The minimum atomic E-state index is 0.311. The lowest BCUT2D eigenvalue weighted by Crippen LogP contribution is -2.46. The molecule has 1 aromatic carbocycles. The lowest BCUT2D eigenvalue weighted by molar-refractivity contribution is -0.121. The van der Waals surface area contributed by atoms with Crippen LogP contribution < -0.4 is 14.8 Å². The van der Waals surface area contributed by atoms with Gasteiger partial charge in [-0.25, -0.2) is 4.99 Å². The summed E-state index contributed by atoms with van der Waals surface area (Å²) in [6, 6.07) is 5.23. The number of ketones is 1. The van der Waals surface area contributed by atoms with E-state index in [1.807, 2.05) is 6.07 Å². The predicted octanol–water partition coefficient (Wildman–Crippen LogP) is 5.40. The Balaban J connectivity index is 1.19. The zero-order valence-corrected chi connectivity index (χ0v) is 21.2. The van der Waals surface area contributed by atoms with Crippen LogP contribution in [0.3, 0.4) is 0 Å². The molecule has 5 rings (SSSR count). The van der Waals surface area contributed by atoms with Crippen molar-refractivity contribution in [2.24, 2.45) is 16.3 Å². The summed E-state index contributed by atoms with van der Waals surface area (Å²) in [6.07, 6.45) is 9.55. The van der Waals surface area contributed by atoms with Crippen molar-refractivity contribution in [1.82, 2.24) is 10.2 Å². The highest BCUT2D eigenvalue weighted by molar-refractivity contribution is 5.89. The molecule has 1 aromatic rings. The van der Waals surface area contributed by atoms with Crippen molar-refractivity contribution in [3.63, 3.8) is 0 Å². The molecule has 2 fully saturated rings. The number of benzene rings is 1. The maximum absolute atomic E-state index is 12.7. The number of aliphatic imine (C=N–C) groups is 1. The molecule has 4 heterocycles. The number of hydrogen-bond acceptors (Lipinski definition) is 6. The third kappa shape index (κ3) is 5.42. The van der Waals surface area contributed by atoms with Crippen molar-refractivity contribution in [2.45, 2.75) is 97.2 Å². The fraction of sp³-hybridized carbons (Fsp3) is 0.714. The average Bonchev–Trinajstić information content (AvgIpc) is 2.98. The van der Waals surface area contributed by atoms with Gasteiger partial charge in [-0.1, -0.05) is 26.8 Å². The first-order valence-corrected chi connectivity index (χ1v) is 13.4. The van der Waals surface area contributed by atoms with Crippen LogP contribution in [0, 0.1) is 11.3 Å². The van der Waals surface area contributed by atoms with E-state index in [2.05, 4.69) is 37.1 Å². The zero-order valence-electron chi connectivity index (χ0n) is 21.2. The number of piperidine rings is 1. The Morgan fingerprint density at radius 2 is 1.91 bits per heavy atom. The van der Waals surface area contributed by atoms with Crippen LogP contribution in [0.15, 0.2) is 17.1 Å². The molecule has 3 atom stereocenters. The third-order valence-electron chi connectivity index (χ3n) is 7.91. The van der Waals surface area contributed by atoms with Crippen molar-refractivity contribution < 1.29 is 14.3 Å². The molecule has 4 aliphatic heterocycles. The molecule has 2 saturated heterocycles. The number of carbonyl (C=O) groups is 1. The van der Waals surface area contributed by atoms with E-state index in [0.29, 0.717) is 49.0 Å². The minimum absolute atomic E-state index is 0.311. The van der Waals surface area contributed by atoms with Crippen LogP contribution in [0.2, 0.25) is 0 Å². The van der Waals surface area contributed by atoms with Gasteiger partial charge in [0.2, 0.25) is 0 Å². The van der Waals surface area contributed by atoms with Gasteiger partial charge in [0.05, 0.1) is 19.8 Å². The molecule has 0 spiro atoms. The van der Waals surface area contributed by atoms with Crippen LogP contribution in [-0.4, -0.2) is 48.4 Å². The number of nitrogens with zero attached hydrogens (tertiary/aromatic N) is 2. The number of nitrogens with one attached hydrogen (secondary N) is 1. The first kappa shape index (κ1) is 23.7. The number of amidine groups is 1. The van der Waals surface area contributed by atoms with E-state index in [4.69, 9.17) is 14.5 Å². The molecule has 186 valence electrons. The molecule has 0 aliphatic carbocycles. The van der Waals surface area contributed by atoms with E-state index in [1.165, 1.54) is 31.2 Å². The fourth-order valence-corrected chi connectivity index (χ4v) is 6.20. The van der Waals surface area contributed by atoms with Crippen LogP contribution in [0.4, 0.5) is 5.69 Å². The second kappa shape index (κ2) is 9.88. The van der Waals surface area contributed by atoms with Gasteiger partial charge < -0.3 is 14.8 Å². The SMILES string of the molecule is CC(C)(C)CCCC(=O)CN1[C@@H]2CC[C@H]1C[C@H](CC1=Nc3c(ccc4c3OCCCO4)CN1)C2. The number of hydrogen-bond donors (Lipinski definition) is 1. The fourth-order valence-electron chi connectivity index (χ4n) is 6.20. The maximum atomic E-state index is 12.7. The van der Waals surface area contributed by atoms with Gasteiger partial charge in [0.25, 0.3) is 0 Å². The molecule has 6 heteroatoms. The van der Waals surface area contributed by atoms with Gasteiger partial charge in [0.1, 0.15) is 17.3 Å². The molecule has 0 amide bonds. The molecule has 2 bridgehead atoms. The lowest BCUT2D eigenvalue weighted by Gasteiger charge is -2.39. The van der Waals surface area contributed by atoms with Crippen LogP contribution in [0.25, 0.3) is 0 Å². The molecule has 0 aromatic heterocycles. The molecular formula is C28H41N3O3. The van der Waals surface area contributed by atoms with Gasteiger partial charge >= 0.3 is 0 Å². The summed E-state index contributed by atoms with van der Waals surface area (Å²) in [7, 11) is 0. The molecule has 6 nitrogen and oxygen atoms in total. The first-order chi connectivity index (χ1) is 16.4. The molecule has 4 aliphatic rings. The van der Waals surface area contributed by atoms with Gasteiger partial charge in [-0.2, -0.15) is 0 Å². The second-order valence-electron chi connectivity index (χ2n) is 11.9. The highest BCUT2D eigenvalue weighted by atomic mass is 16.5. The van der Waals surface area contributed by atoms with E-state index in [1.54, 1.807) is 0 Å². The first-order valence-electron chi connectivity index (χ1n) is 13.4. The van der Waals surface area contributed by atoms with Crippen LogP contribution in [0.5, 0.6) is 11.5 Å². The normalized spacial score (nSPS) is 26.3. The van der Waals surface area contributed by atoms with Gasteiger partial charge in [-0.05, 0) is 55.9 Å². The predicted molar refractivity (Wildman–Crippen MR) is 135 cm³/mol. The summed E-state index contributed by atoms with van der Waals surface area (Å²) in [6.45, 7) is 9.58. The van der Waals surface area contributed by atoms with E-state index >= 15 is 0 Å². The number of fused-ring (bicyclic) bond motifs is 5. The quantitative estimate of drug-likeness (QED) is 0.582. The standard InChI is InChI=1S/C28H41N3O3/c1-28(2,3)11-4-6-23(32)18-31-21-8-9-22(31)15-19(14-21)16-25-29-17-20-7-10-24-27(26(20)30-25)34-13-5-12-33-24/h7,10,19,21-22H,4-6,8-9,11-18H2,1-3H3,(H,29,30)/t19-,21-,22+. The summed E-state index contributed by atoms with van der Waals surface area (Å²) in [5.74, 6) is 3.76. The summed E-state index contributed by atoms with van der Waals surface area (Å²) >= 11 is 0. The average molecular weight is 468 g/mol. The van der Waals surface area contributed by atoms with E-state index in [-0.39, 0.29) is 0 Å². The Morgan fingerprint density at radius 1 is 1.15 bits per heavy atom. The Kier molecular flexibility index (Phi) is 6.88. The van der Waals surface area contributed by atoms with Crippen molar-refractivity contribution in [3.8, 4) is 11.5 Å². The zero-order chi connectivity index (χ0) is 23.7. The molecule has 0 radical (unpaired) electrons. The topological polar surface area (TPSA) is 63.2 Å². The van der Waals surface area contributed by atoms with Crippen molar-refractivity contribution in [2.75, 3.05) is 19.8 Å². The van der Waals surface area contributed by atoms with Crippen LogP contribution in [-0.2, 0) is 11.3 Å². The highest BCUT2D eigenvalue weighted by Crippen LogP contribution is 2.44. The van der Waals surface area contributed by atoms with Crippen LogP contribution in [0.1, 0.15) is 84.1 Å². The molecule has 0 unspecified atom stereocenters. The second-order valence-corrected chi connectivity index (χ2v) is 11.9. The molecule has 0 saturated carbocycles. The Hall–Kier alpha value is -2.08. The van der Waals surface area contributed by atoms with Gasteiger partial charge in [0, 0.05) is 43.5 Å². The van der Waals surface area contributed by atoms with Crippen molar-refractivity contribution in [3.05, 3.63) is 17.7 Å². The largest absolute Gasteiger partial charge is 0.489 e. The van der Waals surface area contributed by atoms with Crippen molar-refractivity contribution in [1.29, 1.82) is 0 Å². The van der Waals surface area contributed by atoms with E-state index < -0.39 is 0 Å². The van der Waals surface area contributed by atoms with Gasteiger partial charge in [-0.15, -0.1) is 0 Å². The Morgan fingerprint density at radius 3 is 2.68 bits per heavy atom. The van der Waals surface area contributed by atoms with Gasteiger partial charge in [0.15, 0.2) is 11.5 Å². The summed E-state index contributed by atoms with van der Waals surface area (Å²) in [5, 5.41) is 3.56. The number of carbonyl (C=O) groups excluding carboxylic acids is 1. The highest BCUT2D eigenvalue weighted by Gasteiger charge is 2.41. The Bertz CT molecular complexity index is 922. The molecule has 34 heavy (non-hydrogen) atoms. The summed E-state index contributed by atoms with van der Waals surface area (Å²) in [4.78, 5) is 20.2. The van der Waals surface area contributed by atoms with Gasteiger partial charge in [-0.3, -0.25) is 9.69 Å². The number of ether oxygens (including phenoxy) is 2. The maximum Gasteiger partial charge on any atom is 0.187 e. The number of rotatable bonds is 7. The Labute approximate surface area is 204 Å². The monoisotopic (exact) mass is 467 g/mol. The molecular weight excluding hydrogens is 426 g/mol. The summed E-state index contributed by atoms with van der Waals surface area (Å²) in [5.41, 5.74) is 2.44. The third-order valence-corrected chi connectivity index (χ3v) is 7.91. The number of Topliss-reactive ketones (excluding diaryl/α,β-unsaturated/α-hetero) is 1. The lowest BCUT2D eigenvalue weighted by atomic mass is 9.87. The smallest absolute Gasteiger partial charge is 0.187 e. The van der Waals surface area contributed by atoms with E-state index in [9.17, 15) is 4.79 Å². The van der Waals surface area contributed by atoms with Crippen LogP contribution >= 0.6 is 0 Å². The summed E-state index contributed by atoms with van der Waals surface area (Å²) < 4.78 is 11.9. The molecule has 1 N–H and O–H groups in total.